The van der Waals surface area contributed by atoms with Crippen molar-refractivity contribution < 1.29 is 19.1 Å². The van der Waals surface area contributed by atoms with E-state index < -0.39 is 23.4 Å². The summed E-state index contributed by atoms with van der Waals surface area (Å²) in [6.45, 7) is 3.21. The summed E-state index contributed by atoms with van der Waals surface area (Å²) in [4.78, 5) is 22.2. The minimum Gasteiger partial charge on any atom is -0.481 e. The Morgan fingerprint density at radius 3 is 2.33 bits per heavy atom. The number of carbonyl (C=O) groups excluding carboxylic acids is 1. The van der Waals surface area contributed by atoms with Gasteiger partial charge in [-0.3, -0.25) is 4.79 Å². The zero-order valence-corrected chi connectivity index (χ0v) is 10.2. The van der Waals surface area contributed by atoms with Gasteiger partial charge in [0.1, 0.15) is 5.82 Å². The fraction of sp³-hybridized carbons (Fsp3) is 0.333. The Hall–Kier alpha value is -2.11. The Bertz CT molecular complexity index is 443. The van der Waals surface area contributed by atoms with Gasteiger partial charge in [0.2, 0.25) is 0 Å². The van der Waals surface area contributed by atoms with Gasteiger partial charge >= 0.3 is 12.0 Å². The maximum atomic E-state index is 12.6. The molecule has 0 aromatic heterocycles. The van der Waals surface area contributed by atoms with Crippen LogP contribution in [0.1, 0.15) is 20.3 Å². The van der Waals surface area contributed by atoms with Crippen LogP contribution in [0.25, 0.3) is 0 Å². The van der Waals surface area contributed by atoms with Crippen LogP contribution in [-0.4, -0.2) is 22.6 Å². The van der Waals surface area contributed by atoms with Gasteiger partial charge in [-0.1, -0.05) is 0 Å². The van der Waals surface area contributed by atoms with E-state index in [9.17, 15) is 14.0 Å². The number of benzene rings is 1. The first kappa shape index (κ1) is 14.0. The molecule has 0 atom stereocenters. The minimum absolute atomic E-state index is 0.191. The summed E-state index contributed by atoms with van der Waals surface area (Å²) in [7, 11) is 0. The van der Waals surface area contributed by atoms with Crippen LogP contribution in [0.3, 0.4) is 0 Å². The first-order valence-electron chi connectivity index (χ1n) is 5.35. The standard InChI is InChI=1S/C12H15FN2O3/c1-12(2,7-10(16)17)15-11(18)14-9-5-3-8(13)4-6-9/h3-6H,7H2,1-2H3,(H,16,17)(H2,14,15,18). The second kappa shape index (κ2) is 5.48. The molecule has 6 heteroatoms. The van der Waals surface area contributed by atoms with E-state index in [4.69, 9.17) is 5.11 Å². The van der Waals surface area contributed by atoms with E-state index in [0.717, 1.165) is 0 Å². The Labute approximate surface area is 104 Å². The van der Waals surface area contributed by atoms with Crippen LogP contribution >= 0.6 is 0 Å². The number of aliphatic carboxylic acids is 1. The van der Waals surface area contributed by atoms with Gasteiger partial charge in [0, 0.05) is 11.2 Å². The van der Waals surface area contributed by atoms with Gasteiger partial charge in [-0.2, -0.15) is 0 Å². The Balaban J connectivity index is 2.56. The van der Waals surface area contributed by atoms with Gasteiger partial charge < -0.3 is 15.7 Å². The summed E-state index contributed by atoms with van der Waals surface area (Å²) < 4.78 is 12.6. The lowest BCUT2D eigenvalue weighted by atomic mass is 10.0. The lowest BCUT2D eigenvalue weighted by molar-refractivity contribution is -0.138. The lowest BCUT2D eigenvalue weighted by Crippen LogP contribution is -2.46. The molecule has 0 spiro atoms. The van der Waals surface area contributed by atoms with Crippen molar-refractivity contribution in [2.45, 2.75) is 25.8 Å². The first-order valence-corrected chi connectivity index (χ1v) is 5.35. The zero-order chi connectivity index (χ0) is 13.8. The molecule has 0 radical (unpaired) electrons. The summed E-state index contributed by atoms with van der Waals surface area (Å²) >= 11 is 0. The Kier molecular flexibility index (Phi) is 4.25. The molecular formula is C12H15FN2O3. The molecule has 0 aliphatic carbocycles. The maximum absolute atomic E-state index is 12.6. The molecule has 1 aromatic rings. The number of hydrogen-bond donors (Lipinski definition) is 3. The summed E-state index contributed by atoms with van der Waals surface area (Å²) in [5.41, 5.74) is -0.435. The quantitative estimate of drug-likeness (QED) is 0.770. The Morgan fingerprint density at radius 1 is 1.28 bits per heavy atom. The molecule has 98 valence electrons. The molecule has 1 aromatic carbocycles. The summed E-state index contributed by atoms with van der Waals surface area (Å²) in [6.07, 6.45) is -0.191. The van der Waals surface area contributed by atoms with Gasteiger partial charge in [0.25, 0.3) is 0 Å². The maximum Gasteiger partial charge on any atom is 0.319 e. The van der Waals surface area contributed by atoms with Gasteiger partial charge in [-0.25, -0.2) is 9.18 Å². The predicted octanol–water partition coefficient (Wildman–Crippen LogP) is 2.20. The molecule has 1 rings (SSSR count). The van der Waals surface area contributed by atoms with E-state index in [0.29, 0.717) is 5.69 Å². The molecule has 0 aliphatic rings. The highest BCUT2D eigenvalue weighted by Gasteiger charge is 2.23. The largest absolute Gasteiger partial charge is 0.481 e. The van der Waals surface area contributed by atoms with Crippen molar-refractivity contribution in [1.82, 2.24) is 5.32 Å². The van der Waals surface area contributed by atoms with E-state index in [-0.39, 0.29) is 6.42 Å². The monoisotopic (exact) mass is 254 g/mol. The molecule has 0 unspecified atom stereocenters. The molecule has 0 heterocycles. The van der Waals surface area contributed by atoms with Crippen LogP contribution in [0, 0.1) is 5.82 Å². The molecule has 0 aliphatic heterocycles. The van der Waals surface area contributed by atoms with Gasteiger partial charge in [-0.15, -0.1) is 0 Å². The van der Waals surface area contributed by atoms with Crippen molar-refractivity contribution in [2.24, 2.45) is 0 Å². The predicted molar refractivity (Wildman–Crippen MR) is 64.9 cm³/mol. The molecular weight excluding hydrogens is 239 g/mol. The van der Waals surface area contributed by atoms with E-state index in [2.05, 4.69) is 10.6 Å². The van der Waals surface area contributed by atoms with Crippen molar-refractivity contribution in [3.63, 3.8) is 0 Å². The number of hydrogen-bond acceptors (Lipinski definition) is 2. The molecule has 2 amide bonds. The summed E-state index contributed by atoms with van der Waals surface area (Å²) in [6, 6.07) is 4.74. The molecule has 0 fully saturated rings. The van der Waals surface area contributed by atoms with Crippen LogP contribution in [0.4, 0.5) is 14.9 Å². The molecule has 3 N–H and O–H groups in total. The summed E-state index contributed by atoms with van der Waals surface area (Å²) in [5, 5.41) is 13.7. The van der Waals surface area contributed by atoms with Crippen molar-refractivity contribution in [2.75, 3.05) is 5.32 Å². The highest BCUT2D eigenvalue weighted by atomic mass is 19.1. The van der Waals surface area contributed by atoms with Crippen molar-refractivity contribution in [1.29, 1.82) is 0 Å². The van der Waals surface area contributed by atoms with Crippen LogP contribution in [-0.2, 0) is 4.79 Å². The number of carbonyl (C=O) groups is 2. The SMILES string of the molecule is CC(C)(CC(=O)O)NC(=O)Nc1ccc(F)cc1. The fourth-order valence-electron chi connectivity index (χ4n) is 1.43. The first-order chi connectivity index (χ1) is 8.28. The molecule has 0 saturated heterocycles. The number of rotatable bonds is 4. The highest BCUT2D eigenvalue weighted by molar-refractivity contribution is 5.90. The van der Waals surface area contributed by atoms with Crippen LogP contribution in [0.2, 0.25) is 0 Å². The smallest absolute Gasteiger partial charge is 0.319 e. The number of halogens is 1. The van der Waals surface area contributed by atoms with Crippen LogP contribution in [0.5, 0.6) is 0 Å². The minimum atomic E-state index is -0.998. The number of nitrogens with one attached hydrogen (secondary N) is 2. The molecule has 18 heavy (non-hydrogen) atoms. The third-order valence-electron chi connectivity index (χ3n) is 2.15. The van der Waals surface area contributed by atoms with E-state index in [1.54, 1.807) is 13.8 Å². The number of carboxylic acid groups (broad SMARTS) is 1. The van der Waals surface area contributed by atoms with Crippen molar-refractivity contribution >= 4 is 17.7 Å². The second-order valence-corrected chi connectivity index (χ2v) is 4.54. The van der Waals surface area contributed by atoms with Crippen LogP contribution < -0.4 is 10.6 Å². The molecule has 5 nitrogen and oxygen atoms in total. The number of urea groups is 1. The van der Waals surface area contributed by atoms with Gasteiger partial charge in [0.15, 0.2) is 0 Å². The van der Waals surface area contributed by atoms with Gasteiger partial charge in [-0.05, 0) is 38.1 Å². The lowest BCUT2D eigenvalue weighted by Gasteiger charge is -2.24. The van der Waals surface area contributed by atoms with Crippen molar-refractivity contribution in [3.8, 4) is 0 Å². The summed E-state index contributed by atoms with van der Waals surface area (Å²) in [5.74, 6) is -1.39. The highest BCUT2D eigenvalue weighted by Crippen LogP contribution is 2.11. The second-order valence-electron chi connectivity index (χ2n) is 4.54. The topological polar surface area (TPSA) is 78.4 Å². The third-order valence-corrected chi connectivity index (χ3v) is 2.15. The normalized spacial score (nSPS) is 10.8. The Morgan fingerprint density at radius 2 is 1.83 bits per heavy atom. The number of amides is 2. The van der Waals surface area contributed by atoms with Crippen molar-refractivity contribution in [3.05, 3.63) is 30.1 Å². The zero-order valence-electron chi connectivity index (χ0n) is 10.2. The number of anilines is 1. The van der Waals surface area contributed by atoms with E-state index in [1.807, 2.05) is 0 Å². The van der Waals surface area contributed by atoms with E-state index in [1.165, 1.54) is 24.3 Å². The average Bonchev–Trinajstić information content (AvgIpc) is 2.18. The fourth-order valence-corrected chi connectivity index (χ4v) is 1.43. The van der Waals surface area contributed by atoms with E-state index >= 15 is 0 Å². The molecule has 0 saturated carbocycles. The molecule has 0 bridgehead atoms. The average molecular weight is 254 g/mol. The third kappa shape index (κ3) is 4.82. The van der Waals surface area contributed by atoms with Gasteiger partial charge in [0.05, 0.1) is 6.42 Å². The van der Waals surface area contributed by atoms with Crippen LogP contribution in [0.15, 0.2) is 24.3 Å². The number of carboxylic acids is 1.